The first-order chi connectivity index (χ1) is 9.72. The van der Waals surface area contributed by atoms with Crippen molar-refractivity contribution in [1.82, 2.24) is 5.32 Å². The van der Waals surface area contributed by atoms with E-state index in [-0.39, 0.29) is 12.2 Å². The summed E-state index contributed by atoms with van der Waals surface area (Å²) in [6, 6.07) is 18.0. The Morgan fingerprint density at radius 1 is 1.05 bits per heavy atom. The summed E-state index contributed by atoms with van der Waals surface area (Å²) in [6.07, 6.45) is -0.0465. The highest BCUT2D eigenvalue weighted by Gasteiger charge is 2.18. The van der Waals surface area contributed by atoms with E-state index in [1.54, 1.807) is 0 Å². The van der Waals surface area contributed by atoms with Gasteiger partial charge in [-0.05, 0) is 25.6 Å². The molecule has 2 rings (SSSR count). The van der Waals surface area contributed by atoms with Crippen molar-refractivity contribution in [2.45, 2.75) is 19.1 Å². The van der Waals surface area contributed by atoms with Gasteiger partial charge in [0, 0.05) is 17.1 Å². The molecule has 0 aliphatic carbocycles. The Balaban J connectivity index is 2.16. The molecular formula is C17H20ClNO. The zero-order chi connectivity index (χ0) is 14.4. The van der Waals surface area contributed by atoms with Gasteiger partial charge in [-0.1, -0.05) is 60.1 Å². The largest absolute Gasteiger partial charge is 0.365 e. The molecule has 2 atom stereocenters. The molecular weight excluding hydrogens is 270 g/mol. The molecule has 0 amide bonds. The third-order valence-corrected chi connectivity index (χ3v) is 3.62. The number of halogens is 1. The van der Waals surface area contributed by atoms with Crippen LogP contribution in [0, 0.1) is 0 Å². The highest BCUT2D eigenvalue weighted by Crippen LogP contribution is 2.30. The average Bonchev–Trinajstić information content (AvgIpc) is 2.48. The van der Waals surface area contributed by atoms with E-state index in [1.807, 2.05) is 49.5 Å². The molecule has 2 unspecified atom stereocenters. The van der Waals surface area contributed by atoms with Gasteiger partial charge >= 0.3 is 0 Å². The van der Waals surface area contributed by atoms with Crippen LogP contribution >= 0.6 is 11.6 Å². The van der Waals surface area contributed by atoms with Gasteiger partial charge in [0.1, 0.15) is 0 Å². The van der Waals surface area contributed by atoms with E-state index in [0.29, 0.717) is 0 Å². The first-order valence-corrected chi connectivity index (χ1v) is 7.19. The second-order valence-corrected chi connectivity index (χ2v) is 5.16. The van der Waals surface area contributed by atoms with Gasteiger partial charge in [0.2, 0.25) is 0 Å². The van der Waals surface area contributed by atoms with Crippen LogP contribution in [0.25, 0.3) is 0 Å². The molecule has 3 heteroatoms. The van der Waals surface area contributed by atoms with E-state index < -0.39 is 0 Å². The van der Waals surface area contributed by atoms with Gasteiger partial charge in [0.15, 0.2) is 0 Å². The maximum absolute atomic E-state index is 6.28. The van der Waals surface area contributed by atoms with Crippen molar-refractivity contribution in [2.75, 3.05) is 13.6 Å². The van der Waals surface area contributed by atoms with Crippen molar-refractivity contribution >= 4 is 11.6 Å². The van der Waals surface area contributed by atoms with Crippen LogP contribution in [-0.4, -0.2) is 13.6 Å². The summed E-state index contributed by atoms with van der Waals surface area (Å²) in [5, 5.41) is 3.91. The van der Waals surface area contributed by atoms with Crippen molar-refractivity contribution < 1.29 is 4.74 Å². The molecule has 0 bridgehead atoms. The van der Waals surface area contributed by atoms with Crippen LogP contribution in [0.5, 0.6) is 0 Å². The number of benzene rings is 2. The Kier molecular flexibility index (Phi) is 5.60. The summed E-state index contributed by atoms with van der Waals surface area (Å²) < 4.78 is 6.20. The predicted octanol–water partition coefficient (Wildman–Crippen LogP) is 4.38. The number of rotatable bonds is 6. The van der Waals surface area contributed by atoms with E-state index >= 15 is 0 Å². The Hall–Kier alpha value is -1.35. The fourth-order valence-corrected chi connectivity index (χ4v) is 2.46. The summed E-state index contributed by atoms with van der Waals surface area (Å²) in [4.78, 5) is 0. The lowest BCUT2D eigenvalue weighted by Crippen LogP contribution is -2.21. The van der Waals surface area contributed by atoms with Crippen LogP contribution in [-0.2, 0) is 4.74 Å². The van der Waals surface area contributed by atoms with Crippen molar-refractivity contribution in [3.05, 3.63) is 70.7 Å². The molecule has 2 aromatic carbocycles. The van der Waals surface area contributed by atoms with Crippen LogP contribution in [0.4, 0.5) is 0 Å². The lowest BCUT2D eigenvalue weighted by molar-refractivity contribution is -0.00335. The molecule has 0 spiro atoms. The standard InChI is InChI=1S/C17H20ClNO/c1-13(14-8-4-3-5-9-14)20-17(12-19-2)15-10-6-7-11-16(15)18/h3-11,13,17,19H,12H2,1-2H3. The molecule has 106 valence electrons. The molecule has 0 aliphatic rings. The molecule has 2 aromatic rings. The lowest BCUT2D eigenvalue weighted by atomic mass is 10.1. The van der Waals surface area contributed by atoms with Crippen LogP contribution in [0.3, 0.4) is 0 Å². The van der Waals surface area contributed by atoms with Crippen molar-refractivity contribution in [2.24, 2.45) is 0 Å². The summed E-state index contributed by atoms with van der Waals surface area (Å²) in [6.45, 7) is 2.79. The van der Waals surface area contributed by atoms with Crippen molar-refractivity contribution in [1.29, 1.82) is 0 Å². The average molecular weight is 290 g/mol. The fourth-order valence-electron chi connectivity index (χ4n) is 2.20. The Bertz CT molecular complexity index is 530. The van der Waals surface area contributed by atoms with Gasteiger partial charge in [0.05, 0.1) is 12.2 Å². The molecule has 0 saturated carbocycles. The molecule has 0 radical (unpaired) electrons. The minimum atomic E-state index is -0.0658. The minimum absolute atomic E-state index is 0.0193. The van der Waals surface area contributed by atoms with Gasteiger partial charge < -0.3 is 10.1 Å². The normalized spacial score (nSPS) is 13.9. The quantitative estimate of drug-likeness (QED) is 0.852. The molecule has 0 aromatic heterocycles. The van der Waals surface area contributed by atoms with Gasteiger partial charge in [-0.3, -0.25) is 0 Å². The van der Waals surface area contributed by atoms with E-state index in [0.717, 1.165) is 17.1 Å². The Labute approximate surface area is 125 Å². The van der Waals surface area contributed by atoms with Crippen molar-refractivity contribution in [3.63, 3.8) is 0 Å². The van der Waals surface area contributed by atoms with E-state index in [9.17, 15) is 0 Å². The van der Waals surface area contributed by atoms with Gasteiger partial charge in [-0.25, -0.2) is 0 Å². The summed E-state index contributed by atoms with van der Waals surface area (Å²) >= 11 is 6.28. The third kappa shape index (κ3) is 3.83. The maximum Gasteiger partial charge on any atom is 0.0971 e. The maximum atomic E-state index is 6.28. The molecule has 20 heavy (non-hydrogen) atoms. The molecule has 0 fully saturated rings. The fraction of sp³-hybridized carbons (Fsp3) is 0.294. The first kappa shape index (κ1) is 15.0. The molecule has 0 aliphatic heterocycles. The number of hydrogen-bond donors (Lipinski definition) is 1. The number of ether oxygens (including phenoxy) is 1. The monoisotopic (exact) mass is 289 g/mol. The zero-order valence-corrected chi connectivity index (χ0v) is 12.6. The van der Waals surface area contributed by atoms with Gasteiger partial charge in [-0.15, -0.1) is 0 Å². The second-order valence-electron chi connectivity index (χ2n) is 4.76. The topological polar surface area (TPSA) is 21.3 Å². The number of likely N-dealkylation sites (N-methyl/N-ethyl adjacent to an activating group) is 1. The molecule has 0 heterocycles. The zero-order valence-electron chi connectivity index (χ0n) is 11.8. The number of nitrogens with one attached hydrogen (secondary N) is 1. The van der Waals surface area contributed by atoms with Gasteiger partial charge in [0.25, 0.3) is 0 Å². The molecule has 1 N–H and O–H groups in total. The summed E-state index contributed by atoms with van der Waals surface area (Å²) in [5.74, 6) is 0. The lowest BCUT2D eigenvalue weighted by Gasteiger charge is -2.24. The van der Waals surface area contributed by atoms with Gasteiger partial charge in [-0.2, -0.15) is 0 Å². The van der Waals surface area contributed by atoms with Crippen LogP contribution < -0.4 is 5.32 Å². The summed E-state index contributed by atoms with van der Waals surface area (Å²) in [5.41, 5.74) is 2.19. The predicted molar refractivity (Wildman–Crippen MR) is 84.1 cm³/mol. The minimum Gasteiger partial charge on any atom is -0.365 e. The van der Waals surface area contributed by atoms with E-state index in [4.69, 9.17) is 16.3 Å². The Morgan fingerprint density at radius 3 is 2.35 bits per heavy atom. The second kappa shape index (κ2) is 7.44. The van der Waals surface area contributed by atoms with Crippen molar-refractivity contribution in [3.8, 4) is 0 Å². The van der Waals surface area contributed by atoms with E-state index in [2.05, 4.69) is 24.4 Å². The number of hydrogen-bond acceptors (Lipinski definition) is 2. The highest BCUT2D eigenvalue weighted by atomic mass is 35.5. The SMILES string of the molecule is CNCC(OC(C)c1ccccc1)c1ccccc1Cl. The highest BCUT2D eigenvalue weighted by molar-refractivity contribution is 6.31. The van der Waals surface area contributed by atoms with Crippen LogP contribution in [0.1, 0.15) is 30.3 Å². The van der Waals surface area contributed by atoms with Crippen LogP contribution in [0.2, 0.25) is 5.02 Å². The molecule has 2 nitrogen and oxygen atoms in total. The summed E-state index contributed by atoms with van der Waals surface area (Å²) in [7, 11) is 1.92. The molecule has 0 saturated heterocycles. The Morgan fingerprint density at radius 2 is 1.70 bits per heavy atom. The third-order valence-electron chi connectivity index (χ3n) is 3.28. The van der Waals surface area contributed by atoms with E-state index in [1.165, 1.54) is 5.56 Å². The smallest absolute Gasteiger partial charge is 0.0971 e. The van der Waals surface area contributed by atoms with Crippen LogP contribution in [0.15, 0.2) is 54.6 Å². The first-order valence-electron chi connectivity index (χ1n) is 6.81.